The number of carbonyl (C=O) groups excluding carboxylic acids is 1. The van der Waals surface area contributed by atoms with Gasteiger partial charge in [0.05, 0.1) is 6.10 Å². The standard InChI is InChI=1S/C22H44O2/c1-4-6-8-10-12-13-14-15-17-19-21(3)24-22(23)20-18-16-11-9-7-5-2/h21H,4-20H2,1-3H3. The maximum atomic E-state index is 11.8. The van der Waals surface area contributed by atoms with Crippen molar-refractivity contribution in [2.24, 2.45) is 0 Å². The Kier molecular flexibility index (Phi) is 18.4. The summed E-state index contributed by atoms with van der Waals surface area (Å²) in [5, 5.41) is 0. The molecule has 0 saturated carbocycles. The average Bonchev–Trinajstić information content (AvgIpc) is 2.56. The molecule has 144 valence electrons. The van der Waals surface area contributed by atoms with Gasteiger partial charge in [-0.25, -0.2) is 0 Å². The van der Waals surface area contributed by atoms with Crippen LogP contribution in [0.3, 0.4) is 0 Å². The highest BCUT2D eigenvalue weighted by molar-refractivity contribution is 5.69. The number of hydrogen-bond donors (Lipinski definition) is 0. The Bertz CT molecular complexity index is 263. The van der Waals surface area contributed by atoms with E-state index >= 15 is 0 Å². The fourth-order valence-corrected chi connectivity index (χ4v) is 3.13. The Balaban J connectivity index is 3.32. The van der Waals surface area contributed by atoms with Gasteiger partial charge in [0.25, 0.3) is 0 Å². The lowest BCUT2D eigenvalue weighted by molar-refractivity contribution is -0.148. The van der Waals surface area contributed by atoms with Crippen LogP contribution < -0.4 is 0 Å². The summed E-state index contributed by atoms with van der Waals surface area (Å²) < 4.78 is 5.51. The zero-order chi connectivity index (χ0) is 17.9. The van der Waals surface area contributed by atoms with Gasteiger partial charge < -0.3 is 4.74 Å². The molecule has 0 aromatic heterocycles. The van der Waals surface area contributed by atoms with Crippen molar-refractivity contribution < 1.29 is 9.53 Å². The SMILES string of the molecule is CCCCCCCCCCCC(C)OC(=O)CCCCCCCC. The Hall–Kier alpha value is -0.530. The minimum absolute atomic E-state index is 0.00826. The van der Waals surface area contributed by atoms with Crippen molar-refractivity contribution in [1.82, 2.24) is 0 Å². The summed E-state index contributed by atoms with van der Waals surface area (Å²) in [6, 6.07) is 0. The molecule has 0 amide bonds. The Morgan fingerprint density at radius 2 is 1.08 bits per heavy atom. The van der Waals surface area contributed by atoms with Gasteiger partial charge >= 0.3 is 5.97 Å². The smallest absolute Gasteiger partial charge is 0.306 e. The molecule has 24 heavy (non-hydrogen) atoms. The highest BCUT2D eigenvalue weighted by Crippen LogP contribution is 2.13. The van der Waals surface area contributed by atoms with E-state index in [2.05, 4.69) is 13.8 Å². The number of ether oxygens (including phenoxy) is 1. The molecule has 0 bridgehead atoms. The highest BCUT2D eigenvalue weighted by Gasteiger charge is 2.08. The van der Waals surface area contributed by atoms with Gasteiger partial charge in [-0.3, -0.25) is 4.79 Å². The third-order valence-electron chi connectivity index (χ3n) is 4.78. The zero-order valence-corrected chi connectivity index (χ0v) is 16.9. The summed E-state index contributed by atoms with van der Waals surface area (Å²) >= 11 is 0. The number of esters is 1. The Morgan fingerprint density at radius 3 is 1.58 bits per heavy atom. The monoisotopic (exact) mass is 340 g/mol. The van der Waals surface area contributed by atoms with E-state index in [1.54, 1.807) is 0 Å². The third kappa shape index (κ3) is 17.8. The van der Waals surface area contributed by atoms with Crippen LogP contribution in [0.4, 0.5) is 0 Å². The Labute approximate surface area is 152 Å². The van der Waals surface area contributed by atoms with E-state index in [1.807, 2.05) is 6.92 Å². The molecule has 0 rings (SSSR count). The average molecular weight is 341 g/mol. The summed E-state index contributed by atoms with van der Waals surface area (Å²) in [7, 11) is 0. The fraction of sp³-hybridized carbons (Fsp3) is 0.955. The molecular weight excluding hydrogens is 296 g/mol. The van der Waals surface area contributed by atoms with Crippen LogP contribution >= 0.6 is 0 Å². The van der Waals surface area contributed by atoms with Crippen molar-refractivity contribution >= 4 is 5.97 Å². The van der Waals surface area contributed by atoms with Crippen molar-refractivity contribution in [2.45, 2.75) is 136 Å². The number of unbranched alkanes of at least 4 members (excludes halogenated alkanes) is 13. The molecule has 0 fully saturated rings. The van der Waals surface area contributed by atoms with Gasteiger partial charge in [-0.2, -0.15) is 0 Å². The minimum Gasteiger partial charge on any atom is -0.463 e. The van der Waals surface area contributed by atoms with Crippen LogP contribution in [0.5, 0.6) is 0 Å². The Morgan fingerprint density at radius 1 is 0.667 bits per heavy atom. The quantitative estimate of drug-likeness (QED) is 0.190. The molecular formula is C22H44O2. The van der Waals surface area contributed by atoms with Crippen molar-refractivity contribution in [1.29, 1.82) is 0 Å². The molecule has 1 atom stereocenters. The molecule has 0 N–H and O–H groups in total. The van der Waals surface area contributed by atoms with Crippen LogP contribution in [0.1, 0.15) is 130 Å². The lowest BCUT2D eigenvalue weighted by atomic mass is 10.1. The van der Waals surface area contributed by atoms with Crippen LogP contribution in [0.2, 0.25) is 0 Å². The second-order valence-corrected chi connectivity index (χ2v) is 7.44. The number of rotatable bonds is 18. The van der Waals surface area contributed by atoms with E-state index in [1.165, 1.54) is 89.9 Å². The summed E-state index contributed by atoms with van der Waals surface area (Å²) in [5.41, 5.74) is 0. The molecule has 1 unspecified atom stereocenters. The van der Waals surface area contributed by atoms with Crippen LogP contribution in [0.15, 0.2) is 0 Å². The maximum absolute atomic E-state index is 11.8. The lowest BCUT2D eigenvalue weighted by Crippen LogP contribution is -2.14. The van der Waals surface area contributed by atoms with Gasteiger partial charge in [-0.1, -0.05) is 97.3 Å². The van der Waals surface area contributed by atoms with Crippen molar-refractivity contribution in [3.05, 3.63) is 0 Å². The van der Waals surface area contributed by atoms with Crippen molar-refractivity contribution in [3.63, 3.8) is 0 Å². The normalized spacial score (nSPS) is 12.3. The van der Waals surface area contributed by atoms with Gasteiger partial charge in [0.2, 0.25) is 0 Å². The first-order chi connectivity index (χ1) is 11.7. The van der Waals surface area contributed by atoms with E-state index in [-0.39, 0.29) is 12.1 Å². The minimum atomic E-state index is 0.00826. The van der Waals surface area contributed by atoms with Crippen LogP contribution in [0.25, 0.3) is 0 Å². The predicted molar refractivity (Wildman–Crippen MR) is 105 cm³/mol. The van der Waals surface area contributed by atoms with Gasteiger partial charge in [0, 0.05) is 6.42 Å². The second-order valence-electron chi connectivity index (χ2n) is 7.44. The summed E-state index contributed by atoms with van der Waals surface area (Å²) in [4.78, 5) is 11.8. The molecule has 0 aromatic rings. The van der Waals surface area contributed by atoms with E-state index < -0.39 is 0 Å². The zero-order valence-electron chi connectivity index (χ0n) is 16.9. The molecule has 0 saturated heterocycles. The molecule has 0 spiro atoms. The largest absolute Gasteiger partial charge is 0.463 e. The second kappa shape index (κ2) is 18.8. The fourth-order valence-electron chi connectivity index (χ4n) is 3.13. The van der Waals surface area contributed by atoms with E-state index in [4.69, 9.17) is 4.74 Å². The van der Waals surface area contributed by atoms with Crippen LogP contribution in [0, 0.1) is 0 Å². The van der Waals surface area contributed by atoms with E-state index in [0.717, 1.165) is 12.8 Å². The molecule has 0 heterocycles. The molecule has 0 aliphatic heterocycles. The third-order valence-corrected chi connectivity index (χ3v) is 4.78. The summed E-state index contributed by atoms with van der Waals surface area (Å²) in [6.45, 7) is 6.54. The van der Waals surface area contributed by atoms with Crippen LogP contribution in [-0.2, 0) is 9.53 Å². The van der Waals surface area contributed by atoms with Crippen molar-refractivity contribution in [3.8, 4) is 0 Å². The molecule has 0 aliphatic carbocycles. The number of hydrogen-bond acceptors (Lipinski definition) is 2. The molecule has 0 aliphatic rings. The summed E-state index contributed by atoms with van der Waals surface area (Å²) in [5.74, 6) is 0.00826. The van der Waals surface area contributed by atoms with Crippen molar-refractivity contribution in [2.75, 3.05) is 0 Å². The molecule has 0 radical (unpaired) electrons. The van der Waals surface area contributed by atoms with Crippen LogP contribution in [-0.4, -0.2) is 12.1 Å². The lowest BCUT2D eigenvalue weighted by Gasteiger charge is -2.13. The molecule has 0 aromatic carbocycles. The predicted octanol–water partition coefficient (Wildman–Crippen LogP) is 7.59. The first kappa shape index (κ1) is 23.5. The summed E-state index contributed by atoms with van der Waals surface area (Å²) in [6.07, 6.45) is 21.2. The topological polar surface area (TPSA) is 26.3 Å². The van der Waals surface area contributed by atoms with E-state index in [0.29, 0.717) is 6.42 Å². The van der Waals surface area contributed by atoms with Gasteiger partial charge in [-0.15, -0.1) is 0 Å². The van der Waals surface area contributed by atoms with E-state index in [9.17, 15) is 4.79 Å². The molecule has 2 heteroatoms. The first-order valence-electron chi connectivity index (χ1n) is 10.9. The number of carbonyl (C=O) groups is 1. The van der Waals surface area contributed by atoms with Gasteiger partial charge in [-0.05, 0) is 26.2 Å². The first-order valence-corrected chi connectivity index (χ1v) is 10.9. The highest BCUT2D eigenvalue weighted by atomic mass is 16.5. The van der Waals surface area contributed by atoms with Gasteiger partial charge in [0.15, 0.2) is 0 Å². The molecule has 2 nitrogen and oxygen atoms in total. The van der Waals surface area contributed by atoms with Gasteiger partial charge in [0.1, 0.15) is 0 Å². The maximum Gasteiger partial charge on any atom is 0.306 e.